The molecule has 15 heteroatoms. The predicted molar refractivity (Wildman–Crippen MR) is 118 cm³/mol. The summed E-state index contributed by atoms with van der Waals surface area (Å²) < 4.78 is 33.1. The van der Waals surface area contributed by atoms with E-state index in [0.717, 1.165) is 29.8 Å². The number of aromatic nitrogens is 4. The van der Waals surface area contributed by atoms with Gasteiger partial charge in [-0.15, -0.1) is 11.3 Å². The topological polar surface area (TPSA) is 178 Å². The maximum Gasteiger partial charge on any atom is 0.345 e. The number of aromatic carboxylic acids is 1. The minimum absolute atomic E-state index is 0.0139. The van der Waals surface area contributed by atoms with Gasteiger partial charge < -0.3 is 25.1 Å². The first-order chi connectivity index (χ1) is 16.6. The van der Waals surface area contributed by atoms with Crippen molar-refractivity contribution in [3.05, 3.63) is 38.6 Å². The van der Waals surface area contributed by atoms with Crippen LogP contribution >= 0.6 is 11.3 Å². The number of thiophene rings is 1. The van der Waals surface area contributed by atoms with Gasteiger partial charge in [0.05, 0.1) is 12.7 Å². The molecule has 0 aliphatic carbocycles. The summed E-state index contributed by atoms with van der Waals surface area (Å²) in [7, 11) is 0. The van der Waals surface area contributed by atoms with E-state index in [2.05, 4.69) is 9.97 Å². The Balaban J connectivity index is 1.80. The van der Waals surface area contributed by atoms with E-state index < -0.39 is 54.8 Å². The Morgan fingerprint density at radius 1 is 1.29 bits per heavy atom. The third kappa shape index (κ3) is 4.72. The Labute approximate surface area is 199 Å². The molecule has 0 unspecified atom stereocenters. The summed E-state index contributed by atoms with van der Waals surface area (Å²) in [6.07, 6.45) is -4.98. The van der Waals surface area contributed by atoms with Crippen molar-refractivity contribution in [2.75, 3.05) is 12.3 Å². The number of carboxylic acids is 1. The zero-order valence-electron chi connectivity index (χ0n) is 18.4. The summed E-state index contributed by atoms with van der Waals surface area (Å²) >= 11 is 0.974. The molecule has 186 valence electrons. The van der Waals surface area contributed by atoms with E-state index in [-0.39, 0.29) is 28.5 Å². The SMILES string of the molecule is CC(=O)OC[C@H]1O[C@@H](n2c(=O)n(Cc3ccc(C(=O)O)s3)c3cnc(N)nc32)[C@H](OC(C)=O)[C@@H]1F. The van der Waals surface area contributed by atoms with E-state index >= 15 is 4.39 Å². The van der Waals surface area contributed by atoms with Crippen molar-refractivity contribution in [1.29, 1.82) is 0 Å². The van der Waals surface area contributed by atoms with Gasteiger partial charge in [0.15, 0.2) is 24.2 Å². The molecule has 4 heterocycles. The lowest BCUT2D eigenvalue weighted by molar-refractivity contribution is -0.154. The molecular weight excluding hydrogens is 489 g/mol. The summed E-state index contributed by atoms with van der Waals surface area (Å²) in [4.78, 5) is 56.3. The highest BCUT2D eigenvalue weighted by Gasteiger charge is 2.50. The zero-order valence-corrected chi connectivity index (χ0v) is 19.2. The van der Waals surface area contributed by atoms with Crippen LogP contribution in [0.1, 0.15) is 34.6 Å². The maximum atomic E-state index is 15.2. The maximum absolute atomic E-state index is 15.2. The molecule has 4 atom stereocenters. The second kappa shape index (κ2) is 9.42. The van der Waals surface area contributed by atoms with Crippen molar-refractivity contribution in [3.63, 3.8) is 0 Å². The number of rotatable bonds is 7. The molecular formula is C20H20FN5O8S. The number of nitrogen functional groups attached to an aromatic ring is 1. The average Bonchev–Trinajstić information content (AvgIpc) is 3.43. The van der Waals surface area contributed by atoms with E-state index in [9.17, 15) is 24.3 Å². The number of carbonyl (C=O) groups excluding carboxylic acids is 2. The number of carbonyl (C=O) groups is 3. The van der Waals surface area contributed by atoms with Crippen molar-refractivity contribution in [2.45, 2.75) is 45.0 Å². The number of nitrogens with two attached hydrogens (primary N) is 1. The minimum Gasteiger partial charge on any atom is -0.477 e. The van der Waals surface area contributed by atoms with Gasteiger partial charge in [-0.3, -0.25) is 14.2 Å². The van der Waals surface area contributed by atoms with E-state index in [0.29, 0.717) is 4.88 Å². The molecule has 35 heavy (non-hydrogen) atoms. The van der Waals surface area contributed by atoms with Crippen molar-refractivity contribution in [1.82, 2.24) is 19.1 Å². The molecule has 0 spiro atoms. The third-order valence-electron chi connectivity index (χ3n) is 5.18. The van der Waals surface area contributed by atoms with E-state index in [1.807, 2.05) is 0 Å². The largest absolute Gasteiger partial charge is 0.477 e. The van der Waals surface area contributed by atoms with Gasteiger partial charge in [-0.2, -0.15) is 4.98 Å². The van der Waals surface area contributed by atoms with Gasteiger partial charge in [0.1, 0.15) is 23.1 Å². The van der Waals surface area contributed by atoms with Crippen LogP contribution in [0.3, 0.4) is 0 Å². The van der Waals surface area contributed by atoms with Crippen molar-refractivity contribution in [2.24, 2.45) is 0 Å². The van der Waals surface area contributed by atoms with Gasteiger partial charge in [-0.05, 0) is 12.1 Å². The van der Waals surface area contributed by atoms with Crippen LogP contribution in [0.2, 0.25) is 0 Å². The monoisotopic (exact) mass is 509 g/mol. The first-order valence-electron chi connectivity index (χ1n) is 10.2. The van der Waals surface area contributed by atoms with Crippen LogP contribution in [0.25, 0.3) is 11.2 Å². The molecule has 1 aliphatic heterocycles. The number of anilines is 1. The summed E-state index contributed by atoms with van der Waals surface area (Å²) in [6, 6.07) is 2.97. The van der Waals surface area contributed by atoms with Crippen LogP contribution in [0.4, 0.5) is 10.3 Å². The van der Waals surface area contributed by atoms with Gasteiger partial charge in [0, 0.05) is 18.7 Å². The lowest BCUT2D eigenvalue weighted by atomic mass is 10.1. The molecule has 1 aliphatic rings. The van der Waals surface area contributed by atoms with E-state index in [1.54, 1.807) is 6.07 Å². The van der Waals surface area contributed by atoms with E-state index in [1.165, 1.54) is 16.8 Å². The summed E-state index contributed by atoms with van der Waals surface area (Å²) in [5, 5.41) is 9.18. The fourth-order valence-corrected chi connectivity index (χ4v) is 4.58. The standard InChI is InChI=1S/C20H20FN5O8S/c1-8(27)32-7-12-14(21)15(33-9(2)28)17(34-12)26-16-11(5-23-19(22)24-16)25(20(26)31)6-10-3-4-13(35-10)18(29)30/h3-5,12,14-15,17H,6-7H2,1-2H3,(H,29,30)(H2,22,23,24)/t12-,14-,15-,17-/m1/s1. The molecule has 0 saturated carbocycles. The van der Waals surface area contributed by atoms with Crippen LogP contribution in [0.5, 0.6) is 0 Å². The van der Waals surface area contributed by atoms with Gasteiger partial charge in [0.25, 0.3) is 0 Å². The number of carboxylic acid groups (broad SMARTS) is 1. The Hall–Kier alpha value is -3.85. The molecule has 13 nitrogen and oxygen atoms in total. The highest BCUT2D eigenvalue weighted by molar-refractivity contribution is 7.13. The zero-order chi connectivity index (χ0) is 25.4. The predicted octanol–water partition coefficient (Wildman–Crippen LogP) is 0.713. The third-order valence-corrected chi connectivity index (χ3v) is 6.24. The molecule has 0 aromatic carbocycles. The summed E-state index contributed by atoms with van der Waals surface area (Å²) in [6.45, 7) is 1.70. The molecule has 1 saturated heterocycles. The number of imidazole rings is 1. The normalized spacial score (nSPS) is 21.8. The fourth-order valence-electron chi connectivity index (χ4n) is 3.74. The highest BCUT2D eigenvalue weighted by atomic mass is 32.1. The molecule has 0 bridgehead atoms. The minimum atomic E-state index is -1.93. The van der Waals surface area contributed by atoms with E-state index in [4.69, 9.17) is 19.9 Å². The molecule has 3 aromatic rings. The number of esters is 2. The summed E-state index contributed by atoms with van der Waals surface area (Å²) in [5.41, 5.74) is 5.20. The second-order valence-electron chi connectivity index (χ2n) is 7.63. The number of fused-ring (bicyclic) bond motifs is 1. The van der Waals surface area contributed by atoms with Gasteiger partial charge in [0.2, 0.25) is 5.95 Å². The smallest absolute Gasteiger partial charge is 0.345 e. The first-order valence-corrected chi connectivity index (χ1v) is 11.0. The van der Waals surface area contributed by atoms with Crippen LogP contribution in [-0.2, 0) is 30.3 Å². The lowest BCUT2D eigenvalue weighted by Gasteiger charge is -2.19. The average molecular weight is 509 g/mol. The summed E-state index contributed by atoms with van der Waals surface area (Å²) in [5.74, 6) is -2.77. The molecule has 1 fully saturated rings. The second-order valence-corrected chi connectivity index (χ2v) is 8.80. The van der Waals surface area contributed by atoms with Crippen LogP contribution in [0, 0.1) is 0 Å². The van der Waals surface area contributed by atoms with Crippen molar-refractivity contribution >= 4 is 46.4 Å². The quantitative estimate of drug-likeness (QED) is 0.429. The first kappa shape index (κ1) is 24.3. The Bertz CT molecular complexity index is 1370. The van der Waals surface area contributed by atoms with Crippen LogP contribution < -0.4 is 11.4 Å². The number of alkyl halides is 1. The Morgan fingerprint density at radius 2 is 2.03 bits per heavy atom. The Morgan fingerprint density at radius 3 is 2.66 bits per heavy atom. The number of halogens is 1. The van der Waals surface area contributed by atoms with Crippen molar-refractivity contribution in [3.8, 4) is 0 Å². The van der Waals surface area contributed by atoms with Crippen LogP contribution in [-0.4, -0.2) is 67.1 Å². The number of hydrogen-bond acceptors (Lipinski definition) is 11. The number of hydrogen-bond donors (Lipinski definition) is 2. The molecule has 4 rings (SSSR count). The molecule has 0 radical (unpaired) electrons. The molecule has 0 amide bonds. The van der Waals surface area contributed by atoms with Gasteiger partial charge in [-0.25, -0.2) is 23.5 Å². The fraction of sp³-hybridized carbons (Fsp3) is 0.400. The number of ether oxygens (including phenoxy) is 3. The van der Waals surface area contributed by atoms with Crippen LogP contribution in [0.15, 0.2) is 23.1 Å². The highest BCUT2D eigenvalue weighted by Crippen LogP contribution is 2.35. The molecule has 3 N–H and O–H groups in total. The molecule has 3 aromatic heterocycles. The number of nitrogens with zero attached hydrogens (tertiary/aromatic N) is 4. The van der Waals surface area contributed by atoms with Crippen molar-refractivity contribution < 1.29 is 38.1 Å². The van der Waals surface area contributed by atoms with Gasteiger partial charge >= 0.3 is 23.6 Å². The lowest BCUT2D eigenvalue weighted by Crippen LogP contribution is -2.37. The van der Waals surface area contributed by atoms with Gasteiger partial charge in [-0.1, -0.05) is 0 Å². The Kier molecular flexibility index (Phi) is 6.53.